The summed E-state index contributed by atoms with van der Waals surface area (Å²) < 4.78 is 0. The molecule has 2 heteroatoms. The van der Waals surface area contributed by atoms with Crippen LogP contribution in [0.1, 0.15) is 72.6 Å². The monoisotopic (exact) mass is 266 g/mol. The lowest BCUT2D eigenvalue weighted by Gasteiger charge is -2.47. The fourth-order valence-electron chi connectivity index (χ4n) is 4.80. The van der Waals surface area contributed by atoms with Gasteiger partial charge in [0.15, 0.2) is 0 Å². The van der Waals surface area contributed by atoms with Crippen LogP contribution in [-0.2, 0) is 0 Å². The molecule has 0 radical (unpaired) electrons. The first kappa shape index (κ1) is 15.3. The first-order chi connectivity index (χ1) is 8.91. The molecule has 112 valence electrons. The summed E-state index contributed by atoms with van der Waals surface area (Å²) in [5, 5.41) is 0. The molecule has 2 saturated carbocycles. The molecule has 2 aliphatic carbocycles. The van der Waals surface area contributed by atoms with E-state index < -0.39 is 0 Å². The predicted molar refractivity (Wildman–Crippen MR) is 83.2 cm³/mol. The van der Waals surface area contributed by atoms with Gasteiger partial charge in [-0.2, -0.15) is 0 Å². The second-order valence-corrected chi connectivity index (χ2v) is 7.97. The Morgan fingerprint density at radius 3 is 2.21 bits per heavy atom. The van der Waals surface area contributed by atoms with Crippen molar-refractivity contribution in [2.45, 2.75) is 90.8 Å². The van der Waals surface area contributed by atoms with Gasteiger partial charge in [-0.1, -0.05) is 27.7 Å². The number of hydrogen-bond acceptors (Lipinski definition) is 2. The van der Waals surface area contributed by atoms with Crippen LogP contribution in [-0.4, -0.2) is 29.6 Å². The Labute approximate surface area is 120 Å². The molecule has 2 aliphatic rings. The van der Waals surface area contributed by atoms with Crippen LogP contribution < -0.4 is 5.73 Å². The lowest BCUT2D eigenvalue weighted by atomic mass is 9.70. The maximum atomic E-state index is 6.06. The molecule has 0 saturated heterocycles. The number of rotatable bonds is 3. The van der Waals surface area contributed by atoms with Crippen LogP contribution in [0.25, 0.3) is 0 Å². The van der Waals surface area contributed by atoms with Crippen molar-refractivity contribution in [1.29, 1.82) is 0 Å². The van der Waals surface area contributed by atoms with E-state index in [9.17, 15) is 0 Å². The van der Waals surface area contributed by atoms with Crippen LogP contribution in [0.2, 0.25) is 0 Å². The summed E-state index contributed by atoms with van der Waals surface area (Å²) >= 11 is 0. The van der Waals surface area contributed by atoms with Gasteiger partial charge in [0.25, 0.3) is 0 Å². The Morgan fingerprint density at radius 1 is 1.05 bits per heavy atom. The lowest BCUT2D eigenvalue weighted by molar-refractivity contribution is 0.0292. The highest BCUT2D eigenvalue weighted by Gasteiger charge is 2.37. The van der Waals surface area contributed by atoms with Gasteiger partial charge in [-0.15, -0.1) is 0 Å². The third-order valence-corrected chi connectivity index (χ3v) is 5.41. The van der Waals surface area contributed by atoms with E-state index in [1.54, 1.807) is 0 Å². The van der Waals surface area contributed by atoms with Gasteiger partial charge in [0.2, 0.25) is 0 Å². The van der Waals surface area contributed by atoms with E-state index >= 15 is 0 Å². The van der Waals surface area contributed by atoms with Gasteiger partial charge in [0.05, 0.1) is 0 Å². The van der Waals surface area contributed by atoms with Gasteiger partial charge in [-0.25, -0.2) is 0 Å². The molecule has 0 bridgehead atoms. The van der Waals surface area contributed by atoms with Crippen molar-refractivity contribution >= 4 is 0 Å². The Bertz CT molecular complexity index is 279. The molecule has 0 aromatic heterocycles. The SMILES string of the molecule is CCN(C1CCC(N)CC1)C1CC(C)CC(C)(C)C1. The zero-order chi connectivity index (χ0) is 14.0. The minimum atomic E-state index is 0.469. The smallest absolute Gasteiger partial charge is 0.0106 e. The molecular weight excluding hydrogens is 232 g/mol. The van der Waals surface area contributed by atoms with Gasteiger partial charge in [-0.05, 0) is 62.8 Å². The lowest BCUT2D eigenvalue weighted by Crippen LogP contribution is -2.50. The van der Waals surface area contributed by atoms with E-state index in [1.807, 2.05) is 0 Å². The Balaban J connectivity index is 2.00. The molecule has 19 heavy (non-hydrogen) atoms. The molecule has 0 amide bonds. The quantitative estimate of drug-likeness (QED) is 0.842. The molecule has 0 aliphatic heterocycles. The minimum absolute atomic E-state index is 0.469. The van der Waals surface area contributed by atoms with Crippen LogP contribution >= 0.6 is 0 Å². The van der Waals surface area contributed by atoms with E-state index in [-0.39, 0.29) is 0 Å². The predicted octanol–water partition coefficient (Wildman–Crippen LogP) is 3.79. The highest BCUT2D eigenvalue weighted by molar-refractivity contribution is 4.91. The van der Waals surface area contributed by atoms with Gasteiger partial charge >= 0.3 is 0 Å². The van der Waals surface area contributed by atoms with E-state index in [2.05, 4.69) is 32.6 Å². The molecule has 0 aromatic rings. The molecule has 2 N–H and O–H groups in total. The summed E-state index contributed by atoms with van der Waals surface area (Å²) in [5.41, 5.74) is 6.59. The summed E-state index contributed by atoms with van der Waals surface area (Å²) in [5.74, 6) is 0.883. The van der Waals surface area contributed by atoms with Crippen molar-refractivity contribution in [2.24, 2.45) is 17.1 Å². The molecule has 2 rings (SSSR count). The standard InChI is InChI=1S/C17H34N2/c1-5-19(15-8-6-14(18)7-9-15)16-10-13(2)11-17(3,4)12-16/h13-16H,5-12,18H2,1-4H3. The summed E-state index contributed by atoms with van der Waals surface area (Å²) in [6.45, 7) is 10.9. The maximum absolute atomic E-state index is 6.06. The van der Waals surface area contributed by atoms with Crippen LogP contribution in [0, 0.1) is 11.3 Å². The van der Waals surface area contributed by atoms with Crippen molar-refractivity contribution < 1.29 is 0 Å². The summed E-state index contributed by atoms with van der Waals surface area (Å²) in [4.78, 5) is 2.82. The molecular formula is C17H34N2. The van der Waals surface area contributed by atoms with Crippen LogP contribution in [0.15, 0.2) is 0 Å². The third-order valence-electron chi connectivity index (χ3n) is 5.41. The number of nitrogens with two attached hydrogens (primary N) is 1. The molecule has 2 unspecified atom stereocenters. The van der Waals surface area contributed by atoms with Crippen LogP contribution in [0.5, 0.6) is 0 Å². The van der Waals surface area contributed by atoms with E-state index in [0.29, 0.717) is 11.5 Å². The van der Waals surface area contributed by atoms with Gasteiger partial charge in [-0.3, -0.25) is 4.90 Å². The van der Waals surface area contributed by atoms with Crippen molar-refractivity contribution in [3.05, 3.63) is 0 Å². The van der Waals surface area contributed by atoms with Crippen molar-refractivity contribution in [3.63, 3.8) is 0 Å². The summed E-state index contributed by atoms with van der Waals surface area (Å²) in [7, 11) is 0. The van der Waals surface area contributed by atoms with Gasteiger partial charge in [0.1, 0.15) is 0 Å². The van der Waals surface area contributed by atoms with E-state index in [1.165, 1.54) is 51.5 Å². The number of nitrogens with zero attached hydrogens (tertiary/aromatic N) is 1. The molecule has 2 fully saturated rings. The first-order valence-electron chi connectivity index (χ1n) is 8.42. The largest absolute Gasteiger partial charge is 0.328 e. The van der Waals surface area contributed by atoms with Gasteiger partial charge in [0, 0.05) is 18.1 Å². The highest BCUT2D eigenvalue weighted by atomic mass is 15.2. The van der Waals surface area contributed by atoms with Crippen molar-refractivity contribution in [1.82, 2.24) is 4.90 Å². The van der Waals surface area contributed by atoms with Crippen molar-refractivity contribution in [3.8, 4) is 0 Å². The van der Waals surface area contributed by atoms with E-state index in [0.717, 1.165) is 18.0 Å². The topological polar surface area (TPSA) is 29.3 Å². The molecule has 2 atom stereocenters. The van der Waals surface area contributed by atoms with E-state index in [4.69, 9.17) is 5.73 Å². The first-order valence-corrected chi connectivity index (χ1v) is 8.42. The average Bonchev–Trinajstić information content (AvgIpc) is 2.30. The Morgan fingerprint density at radius 2 is 1.68 bits per heavy atom. The normalized spacial score (nSPS) is 39.5. The zero-order valence-corrected chi connectivity index (χ0v) is 13.5. The zero-order valence-electron chi connectivity index (χ0n) is 13.5. The Hall–Kier alpha value is -0.0800. The highest BCUT2D eigenvalue weighted by Crippen LogP contribution is 2.41. The second-order valence-electron chi connectivity index (χ2n) is 7.97. The fraction of sp³-hybridized carbons (Fsp3) is 1.00. The molecule has 0 aromatic carbocycles. The van der Waals surface area contributed by atoms with Gasteiger partial charge < -0.3 is 5.73 Å². The second kappa shape index (κ2) is 6.13. The summed E-state index contributed by atoms with van der Waals surface area (Å²) in [6.07, 6.45) is 9.28. The fourth-order valence-corrected chi connectivity index (χ4v) is 4.80. The molecule has 0 spiro atoms. The molecule has 2 nitrogen and oxygen atoms in total. The minimum Gasteiger partial charge on any atom is -0.328 e. The van der Waals surface area contributed by atoms with Crippen LogP contribution in [0.4, 0.5) is 0 Å². The Kier molecular flexibility index (Phi) is 4.94. The van der Waals surface area contributed by atoms with Crippen molar-refractivity contribution in [2.75, 3.05) is 6.54 Å². The molecule has 0 heterocycles. The summed E-state index contributed by atoms with van der Waals surface area (Å²) in [6, 6.07) is 2.08. The average molecular weight is 266 g/mol. The number of hydrogen-bond donors (Lipinski definition) is 1. The third kappa shape index (κ3) is 3.95. The van der Waals surface area contributed by atoms with Crippen LogP contribution in [0.3, 0.4) is 0 Å². The maximum Gasteiger partial charge on any atom is 0.0106 e.